The average Bonchev–Trinajstić information content (AvgIpc) is 2.41. The summed E-state index contributed by atoms with van der Waals surface area (Å²) in [5.41, 5.74) is 4.26. The molecule has 0 radical (unpaired) electrons. The summed E-state index contributed by atoms with van der Waals surface area (Å²) in [6.07, 6.45) is 0. The number of benzene rings is 1. The van der Waals surface area contributed by atoms with Gasteiger partial charge in [0.15, 0.2) is 5.78 Å². The van der Waals surface area contributed by atoms with Crippen LogP contribution >= 0.6 is 0 Å². The molecular weight excluding hydrogens is 186 g/mol. The molecule has 1 heterocycles. The van der Waals surface area contributed by atoms with Gasteiger partial charge < -0.3 is 4.57 Å². The van der Waals surface area contributed by atoms with Crippen molar-refractivity contribution in [3.05, 3.63) is 35.0 Å². The van der Waals surface area contributed by atoms with E-state index in [1.54, 1.807) is 6.92 Å². The van der Waals surface area contributed by atoms with Gasteiger partial charge in [-0.05, 0) is 32.4 Å². The number of hydrogen-bond acceptors (Lipinski definition) is 1. The summed E-state index contributed by atoms with van der Waals surface area (Å²) in [4.78, 5) is 11.6. The molecule has 0 aliphatic heterocycles. The number of nitrogens with zero attached hydrogens (tertiary/aromatic N) is 1. The Labute approximate surface area is 89.5 Å². The number of hydrogen-bond donors (Lipinski definition) is 0. The monoisotopic (exact) mass is 201 g/mol. The zero-order valence-corrected chi connectivity index (χ0v) is 9.59. The molecular formula is C13H15NO. The highest BCUT2D eigenvalue weighted by atomic mass is 16.1. The first-order valence-corrected chi connectivity index (χ1v) is 5.09. The van der Waals surface area contributed by atoms with Crippen LogP contribution in [0.15, 0.2) is 18.2 Å². The second-order valence-corrected chi connectivity index (χ2v) is 4.10. The van der Waals surface area contributed by atoms with Crippen LogP contribution in [0.5, 0.6) is 0 Å². The minimum absolute atomic E-state index is 0.141. The zero-order valence-electron chi connectivity index (χ0n) is 9.59. The van der Waals surface area contributed by atoms with Crippen molar-refractivity contribution in [1.82, 2.24) is 4.57 Å². The second kappa shape index (κ2) is 3.23. The van der Waals surface area contributed by atoms with Crippen molar-refractivity contribution in [1.29, 1.82) is 0 Å². The normalized spacial score (nSPS) is 10.9. The summed E-state index contributed by atoms with van der Waals surface area (Å²) in [6.45, 7) is 5.68. The van der Waals surface area contributed by atoms with Crippen molar-refractivity contribution in [3.8, 4) is 0 Å². The lowest BCUT2D eigenvalue weighted by Gasteiger charge is -1.98. The predicted molar refractivity (Wildman–Crippen MR) is 62.4 cm³/mol. The first-order chi connectivity index (χ1) is 7.02. The Morgan fingerprint density at radius 2 is 1.93 bits per heavy atom. The molecule has 78 valence electrons. The first kappa shape index (κ1) is 9.97. The molecule has 0 spiro atoms. The van der Waals surface area contributed by atoms with Crippen molar-refractivity contribution in [2.75, 3.05) is 0 Å². The molecule has 2 heteroatoms. The van der Waals surface area contributed by atoms with Crippen LogP contribution in [0.4, 0.5) is 0 Å². The van der Waals surface area contributed by atoms with E-state index in [-0.39, 0.29) is 5.78 Å². The number of aromatic nitrogens is 1. The predicted octanol–water partition coefficient (Wildman–Crippen LogP) is 3.00. The van der Waals surface area contributed by atoms with Crippen LogP contribution < -0.4 is 0 Å². The summed E-state index contributed by atoms with van der Waals surface area (Å²) < 4.78 is 2.08. The van der Waals surface area contributed by atoms with E-state index >= 15 is 0 Å². The third-order valence-corrected chi connectivity index (χ3v) is 3.00. The van der Waals surface area contributed by atoms with E-state index in [0.717, 1.165) is 22.2 Å². The Kier molecular flexibility index (Phi) is 2.14. The molecule has 0 unspecified atom stereocenters. The SMILES string of the molecule is CC(=O)c1c(C)n(C)c2cc(C)ccc12. The molecule has 0 fully saturated rings. The highest BCUT2D eigenvalue weighted by Gasteiger charge is 2.14. The molecule has 0 N–H and O–H groups in total. The number of ketones is 1. The van der Waals surface area contributed by atoms with Crippen molar-refractivity contribution in [2.24, 2.45) is 7.05 Å². The molecule has 0 aliphatic carbocycles. The van der Waals surface area contributed by atoms with Crippen LogP contribution in [-0.4, -0.2) is 10.4 Å². The Morgan fingerprint density at radius 3 is 2.53 bits per heavy atom. The van der Waals surface area contributed by atoms with E-state index in [9.17, 15) is 4.79 Å². The highest BCUT2D eigenvalue weighted by Crippen LogP contribution is 2.25. The Hall–Kier alpha value is -1.57. The summed E-state index contributed by atoms with van der Waals surface area (Å²) in [5, 5.41) is 1.06. The molecule has 2 nitrogen and oxygen atoms in total. The maximum atomic E-state index is 11.6. The fraction of sp³-hybridized carbons (Fsp3) is 0.308. The molecule has 1 aromatic carbocycles. The van der Waals surface area contributed by atoms with Crippen molar-refractivity contribution < 1.29 is 4.79 Å². The zero-order chi connectivity index (χ0) is 11.2. The Bertz CT molecular complexity index is 549. The van der Waals surface area contributed by atoms with Crippen LogP contribution in [0.2, 0.25) is 0 Å². The molecule has 2 rings (SSSR count). The quantitative estimate of drug-likeness (QED) is 0.650. The highest BCUT2D eigenvalue weighted by molar-refractivity contribution is 6.08. The first-order valence-electron chi connectivity index (χ1n) is 5.09. The number of aryl methyl sites for hydroxylation is 2. The maximum Gasteiger partial charge on any atom is 0.162 e. The molecule has 0 atom stereocenters. The molecule has 0 saturated carbocycles. The Morgan fingerprint density at radius 1 is 1.27 bits per heavy atom. The van der Waals surface area contributed by atoms with Gasteiger partial charge in [0, 0.05) is 29.2 Å². The van der Waals surface area contributed by atoms with E-state index in [2.05, 4.69) is 17.6 Å². The van der Waals surface area contributed by atoms with Crippen LogP contribution in [0.3, 0.4) is 0 Å². The lowest BCUT2D eigenvalue weighted by Crippen LogP contribution is -1.96. The summed E-state index contributed by atoms with van der Waals surface area (Å²) in [6, 6.07) is 6.21. The van der Waals surface area contributed by atoms with Gasteiger partial charge in [0.1, 0.15) is 0 Å². The standard InChI is InChI=1S/C13H15NO/c1-8-5-6-11-12(7-8)14(4)9(2)13(11)10(3)15/h5-7H,1-4H3. The molecule has 1 aromatic heterocycles. The molecule has 0 amide bonds. The van der Waals surface area contributed by atoms with Gasteiger partial charge in [-0.3, -0.25) is 4.79 Å². The number of Topliss-reactive ketones (excluding diaryl/α,β-unsaturated/α-hetero) is 1. The van der Waals surface area contributed by atoms with Crippen molar-refractivity contribution in [3.63, 3.8) is 0 Å². The second-order valence-electron chi connectivity index (χ2n) is 4.10. The fourth-order valence-corrected chi connectivity index (χ4v) is 2.12. The van der Waals surface area contributed by atoms with E-state index < -0.39 is 0 Å². The van der Waals surface area contributed by atoms with Gasteiger partial charge in [0.25, 0.3) is 0 Å². The average molecular weight is 201 g/mol. The van der Waals surface area contributed by atoms with Crippen LogP contribution in [-0.2, 0) is 7.05 Å². The third-order valence-electron chi connectivity index (χ3n) is 3.00. The third kappa shape index (κ3) is 1.37. The van der Waals surface area contributed by atoms with Gasteiger partial charge in [0.2, 0.25) is 0 Å². The number of carbonyl (C=O) groups excluding carboxylic acids is 1. The van der Waals surface area contributed by atoms with Crippen LogP contribution in [0.1, 0.15) is 28.5 Å². The van der Waals surface area contributed by atoms with Gasteiger partial charge in [-0.1, -0.05) is 12.1 Å². The largest absolute Gasteiger partial charge is 0.347 e. The Balaban J connectivity index is 2.93. The van der Waals surface area contributed by atoms with Crippen molar-refractivity contribution >= 4 is 16.7 Å². The van der Waals surface area contributed by atoms with Gasteiger partial charge >= 0.3 is 0 Å². The fourth-order valence-electron chi connectivity index (χ4n) is 2.12. The van der Waals surface area contributed by atoms with E-state index in [0.29, 0.717) is 0 Å². The van der Waals surface area contributed by atoms with Gasteiger partial charge in [0.05, 0.1) is 0 Å². The summed E-state index contributed by atoms with van der Waals surface area (Å²) in [5.74, 6) is 0.141. The maximum absolute atomic E-state index is 11.6. The summed E-state index contributed by atoms with van der Waals surface area (Å²) in [7, 11) is 2.00. The molecule has 0 saturated heterocycles. The van der Waals surface area contributed by atoms with Gasteiger partial charge in [-0.2, -0.15) is 0 Å². The number of rotatable bonds is 1. The lowest BCUT2D eigenvalue weighted by molar-refractivity contribution is 0.101. The lowest BCUT2D eigenvalue weighted by atomic mass is 10.1. The number of fused-ring (bicyclic) bond motifs is 1. The van der Waals surface area contributed by atoms with Crippen molar-refractivity contribution in [2.45, 2.75) is 20.8 Å². The topological polar surface area (TPSA) is 22.0 Å². The van der Waals surface area contributed by atoms with E-state index in [1.807, 2.05) is 26.1 Å². The van der Waals surface area contributed by atoms with E-state index in [4.69, 9.17) is 0 Å². The minimum atomic E-state index is 0.141. The number of carbonyl (C=O) groups is 1. The smallest absolute Gasteiger partial charge is 0.162 e. The van der Waals surface area contributed by atoms with Gasteiger partial charge in [-0.15, -0.1) is 0 Å². The molecule has 0 aliphatic rings. The van der Waals surface area contributed by atoms with E-state index in [1.165, 1.54) is 5.56 Å². The molecule has 0 bridgehead atoms. The summed E-state index contributed by atoms with van der Waals surface area (Å²) >= 11 is 0. The minimum Gasteiger partial charge on any atom is -0.347 e. The molecule has 15 heavy (non-hydrogen) atoms. The van der Waals surface area contributed by atoms with Gasteiger partial charge in [-0.25, -0.2) is 0 Å². The van der Waals surface area contributed by atoms with Crippen LogP contribution in [0.25, 0.3) is 10.9 Å². The van der Waals surface area contributed by atoms with Crippen LogP contribution in [0, 0.1) is 13.8 Å². The molecule has 2 aromatic rings.